The fourth-order valence-corrected chi connectivity index (χ4v) is 4.30. The number of rotatable bonds is 6. The maximum atomic E-state index is 13.7. The highest BCUT2D eigenvalue weighted by molar-refractivity contribution is 7.17. The lowest BCUT2D eigenvalue weighted by atomic mass is 10.1. The van der Waals surface area contributed by atoms with Gasteiger partial charge in [0.2, 0.25) is 0 Å². The lowest BCUT2D eigenvalue weighted by molar-refractivity contribution is 0.0794. The number of aryl methyl sites for hydroxylation is 1. The SMILES string of the molecule is CNc1nc(C)c(C(=O)N2CCC(c3cc(COc4ccccc4F)[nH]n3)C2)s1. The van der Waals surface area contributed by atoms with Crippen molar-refractivity contribution in [3.05, 3.63) is 58.1 Å². The maximum absolute atomic E-state index is 13.7. The smallest absolute Gasteiger partial charge is 0.265 e. The van der Waals surface area contributed by atoms with Crippen LogP contribution >= 0.6 is 11.3 Å². The summed E-state index contributed by atoms with van der Waals surface area (Å²) < 4.78 is 19.2. The molecule has 1 aliphatic rings. The van der Waals surface area contributed by atoms with E-state index in [0.29, 0.717) is 18.0 Å². The molecule has 152 valence electrons. The molecule has 0 bridgehead atoms. The van der Waals surface area contributed by atoms with E-state index < -0.39 is 5.82 Å². The number of halogens is 1. The molecule has 7 nitrogen and oxygen atoms in total. The van der Waals surface area contributed by atoms with Crippen molar-refractivity contribution in [2.24, 2.45) is 0 Å². The third-order valence-electron chi connectivity index (χ3n) is 4.97. The van der Waals surface area contributed by atoms with Gasteiger partial charge in [-0.05, 0) is 31.5 Å². The van der Waals surface area contributed by atoms with Crippen LogP contribution in [0.15, 0.2) is 30.3 Å². The standard InChI is InChI=1S/C20H22FN5O2S/c1-12-18(29-20(22-2)23-12)19(27)26-8-7-13(10-26)16-9-14(24-25-16)11-28-17-6-4-3-5-15(17)21/h3-6,9,13H,7-8,10-11H2,1-2H3,(H,22,23)(H,24,25). The lowest BCUT2D eigenvalue weighted by Crippen LogP contribution is -2.28. The molecule has 3 heterocycles. The number of nitrogens with zero attached hydrogens (tertiary/aromatic N) is 3. The first-order valence-electron chi connectivity index (χ1n) is 9.41. The molecule has 1 fully saturated rings. The van der Waals surface area contributed by atoms with Gasteiger partial charge < -0.3 is 15.0 Å². The summed E-state index contributed by atoms with van der Waals surface area (Å²) in [5.74, 6) is -0.00353. The minimum Gasteiger partial charge on any atom is -0.484 e. The highest BCUT2D eigenvalue weighted by atomic mass is 32.1. The predicted molar refractivity (Wildman–Crippen MR) is 109 cm³/mol. The van der Waals surface area contributed by atoms with Gasteiger partial charge in [-0.2, -0.15) is 5.10 Å². The van der Waals surface area contributed by atoms with Gasteiger partial charge in [-0.15, -0.1) is 0 Å². The van der Waals surface area contributed by atoms with Gasteiger partial charge in [0.15, 0.2) is 16.7 Å². The van der Waals surface area contributed by atoms with E-state index in [9.17, 15) is 9.18 Å². The number of para-hydroxylation sites is 1. The van der Waals surface area contributed by atoms with E-state index in [1.807, 2.05) is 17.9 Å². The van der Waals surface area contributed by atoms with Crippen molar-refractivity contribution < 1.29 is 13.9 Å². The van der Waals surface area contributed by atoms with Gasteiger partial charge in [-0.25, -0.2) is 9.37 Å². The quantitative estimate of drug-likeness (QED) is 0.643. The Morgan fingerprint density at radius 2 is 2.28 bits per heavy atom. The van der Waals surface area contributed by atoms with Crippen LogP contribution in [0.3, 0.4) is 0 Å². The normalized spacial score (nSPS) is 16.2. The average Bonchev–Trinajstić information content (AvgIpc) is 3.46. The molecule has 29 heavy (non-hydrogen) atoms. The highest BCUT2D eigenvalue weighted by Crippen LogP contribution is 2.30. The second kappa shape index (κ2) is 8.20. The van der Waals surface area contributed by atoms with E-state index in [0.717, 1.165) is 28.6 Å². The molecule has 1 aliphatic heterocycles. The second-order valence-corrected chi connectivity index (χ2v) is 7.96. The number of likely N-dealkylation sites (tertiary alicyclic amines) is 1. The van der Waals surface area contributed by atoms with E-state index in [4.69, 9.17) is 4.74 Å². The number of amides is 1. The summed E-state index contributed by atoms with van der Waals surface area (Å²) in [4.78, 5) is 19.7. The number of anilines is 1. The molecular formula is C20H22FN5O2S. The molecule has 2 N–H and O–H groups in total. The van der Waals surface area contributed by atoms with Crippen molar-refractivity contribution in [2.75, 3.05) is 25.5 Å². The van der Waals surface area contributed by atoms with Crippen LogP contribution < -0.4 is 10.1 Å². The molecule has 1 amide bonds. The van der Waals surface area contributed by atoms with Crippen molar-refractivity contribution in [3.63, 3.8) is 0 Å². The lowest BCUT2D eigenvalue weighted by Gasteiger charge is -2.15. The Hall–Kier alpha value is -2.94. The summed E-state index contributed by atoms with van der Waals surface area (Å²) in [7, 11) is 1.80. The zero-order valence-corrected chi connectivity index (χ0v) is 17.1. The molecule has 3 aromatic rings. The molecule has 1 saturated heterocycles. The summed E-state index contributed by atoms with van der Waals surface area (Å²) >= 11 is 1.38. The fraction of sp³-hybridized carbons (Fsp3) is 0.350. The van der Waals surface area contributed by atoms with Crippen LogP contribution in [0.4, 0.5) is 9.52 Å². The Kier molecular flexibility index (Phi) is 5.48. The third-order valence-corrected chi connectivity index (χ3v) is 6.13. The number of nitrogens with one attached hydrogen (secondary N) is 2. The minimum atomic E-state index is -0.392. The molecule has 1 atom stereocenters. The number of hydrogen-bond donors (Lipinski definition) is 2. The Morgan fingerprint density at radius 3 is 3.03 bits per heavy atom. The van der Waals surface area contributed by atoms with Gasteiger partial charge in [-0.1, -0.05) is 23.5 Å². The molecule has 4 rings (SSSR count). The number of H-pyrrole nitrogens is 1. The number of benzene rings is 1. The first kappa shape index (κ1) is 19.4. The minimum absolute atomic E-state index is 0.0163. The summed E-state index contributed by atoms with van der Waals surface area (Å²) in [6.07, 6.45) is 0.848. The Morgan fingerprint density at radius 1 is 1.45 bits per heavy atom. The molecule has 0 spiro atoms. The zero-order valence-electron chi connectivity index (χ0n) is 16.2. The van der Waals surface area contributed by atoms with Gasteiger partial charge in [-0.3, -0.25) is 9.89 Å². The average molecular weight is 415 g/mol. The Labute approximate surface area is 171 Å². The maximum Gasteiger partial charge on any atom is 0.265 e. The van der Waals surface area contributed by atoms with Crippen molar-refractivity contribution >= 4 is 22.4 Å². The van der Waals surface area contributed by atoms with Crippen LogP contribution in [0.1, 0.15) is 39.1 Å². The van der Waals surface area contributed by atoms with Crippen LogP contribution in [-0.2, 0) is 6.61 Å². The van der Waals surface area contributed by atoms with Crippen molar-refractivity contribution in [3.8, 4) is 5.75 Å². The molecule has 0 saturated carbocycles. The summed E-state index contributed by atoms with van der Waals surface area (Å²) in [5, 5.41) is 11.1. The van der Waals surface area contributed by atoms with Gasteiger partial charge in [0.05, 0.1) is 17.1 Å². The molecule has 9 heteroatoms. The fourth-order valence-electron chi connectivity index (χ4n) is 3.41. The van der Waals surface area contributed by atoms with Crippen LogP contribution in [0.2, 0.25) is 0 Å². The van der Waals surface area contributed by atoms with Crippen LogP contribution in [0, 0.1) is 12.7 Å². The monoisotopic (exact) mass is 415 g/mol. The van der Waals surface area contributed by atoms with Crippen molar-refractivity contribution in [1.29, 1.82) is 0 Å². The second-order valence-electron chi connectivity index (χ2n) is 6.96. The van der Waals surface area contributed by atoms with Crippen LogP contribution in [-0.4, -0.2) is 46.1 Å². The van der Waals surface area contributed by atoms with E-state index in [1.54, 1.807) is 25.2 Å². The number of aromatic amines is 1. The number of ether oxygens (including phenoxy) is 1. The molecular weight excluding hydrogens is 393 g/mol. The highest BCUT2D eigenvalue weighted by Gasteiger charge is 2.31. The Bertz CT molecular complexity index is 1020. The molecule has 1 aromatic carbocycles. The third kappa shape index (κ3) is 4.09. The van der Waals surface area contributed by atoms with Crippen molar-refractivity contribution in [2.45, 2.75) is 25.9 Å². The van der Waals surface area contributed by atoms with Gasteiger partial charge in [0, 0.05) is 26.1 Å². The van der Waals surface area contributed by atoms with Gasteiger partial charge in [0.1, 0.15) is 11.5 Å². The van der Waals surface area contributed by atoms with Crippen LogP contribution in [0.5, 0.6) is 5.75 Å². The van der Waals surface area contributed by atoms with E-state index in [2.05, 4.69) is 20.5 Å². The first-order valence-corrected chi connectivity index (χ1v) is 10.2. The van der Waals surface area contributed by atoms with Crippen LogP contribution in [0.25, 0.3) is 0 Å². The number of aromatic nitrogens is 3. The number of thiazole rings is 1. The molecule has 0 radical (unpaired) electrons. The van der Waals surface area contributed by atoms with E-state index in [-0.39, 0.29) is 24.2 Å². The summed E-state index contributed by atoms with van der Waals surface area (Å²) in [6, 6.07) is 8.23. The summed E-state index contributed by atoms with van der Waals surface area (Å²) in [5.41, 5.74) is 2.41. The molecule has 0 aliphatic carbocycles. The predicted octanol–water partition coefficient (Wildman–Crippen LogP) is 3.56. The topological polar surface area (TPSA) is 83.1 Å². The number of carbonyl (C=O) groups is 1. The first-order chi connectivity index (χ1) is 14.0. The Balaban J connectivity index is 1.37. The van der Waals surface area contributed by atoms with Crippen molar-refractivity contribution in [1.82, 2.24) is 20.1 Å². The number of hydrogen-bond acceptors (Lipinski definition) is 6. The molecule has 2 aromatic heterocycles. The number of carbonyl (C=O) groups excluding carboxylic acids is 1. The zero-order chi connectivity index (χ0) is 20.4. The van der Waals surface area contributed by atoms with Gasteiger partial charge in [0.25, 0.3) is 5.91 Å². The largest absolute Gasteiger partial charge is 0.484 e. The van der Waals surface area contributed by atoms with Gasteiger partial charge >= 0.3 is 0 Å². The van der Waals surface area contributed by atoms with E-state index in [1.165, 1.54) is 17.4 Å². The molecule has 1 unspecified atom stereocenters. The summed E-state index contributed by atoms with van der Waals surface area (Å²) in [6.45, 7) is 3.36. The van der Waals surface area contributed by atoms with E-state index >= 15 is 0 Å².